The maximum Gasteiger partial charge on any atom is 0.244 e. The van der Waals surface area contributed by atoms with E-state index < -0.39 is 5.92 Å². The van der Waals surface area contributed by atoms with Gasteiger partial charge in [-0.1, -0.05) is 43.2 Å². The summed E-state index contributed by atoms with van der Waals surface area (Å²) in [6, 6.07) is 11.4. The van der Waals surface area contributed by atoms with Crippen molar-refractivity contribution in [3.8, 4) is 6.07 Å². The summed E-state index contributed by atoms with van der Waals surface area (Å²) in [5.41, 5.74) is 0.723. The third-order valence-corrected chi connectivity index (χ3v) is 3.90. The molecular weight excluding hydrogens is 252 g/mol. The van der Waals surface area contributed by atoms with E-state index >= 15 is 0 Å². The van der Waals surface area contributed by atoms with Crippen LogP contribution in [0.5, 0.6) is 0 Å². The molecule has 0 saturated heterocycles. The van der Waals surface area contributed by atoms with Crippen molar-refractivity contribution in [2.75, 3.05) is 13.2 Å². The van der Waals surface area contributed by atoms with Gasteiger partial charge in [0.2, 0.25) is 5.91 Å². The molecule has 0 spiro atoms. The molecule has 20 heavy (non-hydrogen) atoms. The SMILES string of the molecule is N#CC(C(=O)N(CCO)C1CCCC1)c1ccccc1. The van der Waals surface area contributed by atoms with E-state index in [-0.39, 0.29) is 18.6 Å². The molecule has 106 valence electrons. The van der Waals surface area contributed by atoms with Crippen molar-refractivity contribution in [3.05, 3.63) is 35.9 Å². The fraction of sp³-hybridized carbons (Fsp3) is 0.500. The third kappa shape index (κ3) is 3.17. The predicted molar refractivity (Wildman–Crippen MR) is 75.9 cm³/mol. The highest BCUT2D eigenvalue weighted by atomic mass is 16.3. The van der Waals surface area contributed by atoms with E-state index in [4.69, 9.17) is 0 Å². The van der Waals surface area contributed by atoms with Crippen LogP contribution >= 0.6 is 0 Å². The van der Waals surface area contributed by atoms with Gasteiger partial charge >= 0.3 is 0 Å². The molecule has 1 aromatic carbocycles. The third-order valence-electron chi connectivity index (χ3n) is 3.90. The Kier molecular flexibility index (Phi) is 5.14. The average molecular weight is 272 g/mol. The van der Waals surface area contributed by atoms with Crippen molar-refractivity contribution in [2.24, 2.45) is 0 Å². The molecule has 1 amide bonds. The van der Waals surface area contributed by atoms with Crippen LogP contribution in [-0.4, -0.2) is 35.1 Å². The zero-order chi connectivity index (χ0) is 14.4. The summed E-state index contributed by atoms with van der Waals surface area (Å²) >= 11 is 0. The van der Waals surface area contributed by atoms with Crippen LogP contribution in [0.1, 0.15) is 37.2 Å². The zero-order valence-electron chi connectivity index (χ0n) is 11.5. The second-order valence-electron chi connectivity index (χ2n) is 5.17. The molecule has 4 nitrogen and oxygen atoms in total. The number of aliphatic hydroxyl groups is 1. The second kappa shape index (κ2) is 7.06. The molecule has 1 aliphatic rings. The lowest BCUT2D eigenvalue weighted by Crippen LogP contribution is -2.43. The van der Waals surface area contributed by atoms with Crippen LogP contribution in [0.25, 0.3) is 0 Å². The van der Waals surface area contributed by atoms with E-state index in [1.807, 2.05) is 18.2 Å². The Balaban J connectivity index is 2.19. The van der Waals surface area contributed by atoms with Crippen LogP contribution in [-0.2, 0) is 4.79 Å². The Labute approximate surface area is 119 Å². The van der Waals surface area contributed by atoms with Gasteiger partial charge in [-0.2, -0.15) is 5.26 Å². The normalized spacial score (nSPS) is 16.6. The predicted octanol–water partition coefficient (Wildman–Crippen LogP) is 2.06. The molecule has 1 N–H and O–H groups in total. The van der Waals surface area contributed by atoms with Gasteiger partial charge < -0.3 is 10.0 Å². The summed E-state index contributed by atoms with van der Waals surface area (Å²) in [4.78, 5) is 14.3. The molecule has 2 rings (SSSR count). The number of amides is 1. The van der Waals surface area contributed by atoms with Crippen LogP contribution in [0.4, 0.5) is 0 Å². The Bertz CT molecular complexity index is 475. The first kappa shape index (κ1) is 14.5. The number of hydrogen-bond donors (Lipinski definition) is 1. The minimum Gasteiger partial charge on any atom is -0.395 e. The molecule has 0 heterocycles. The first-order valence-corrected chi connectivity index (χ1v) is 7.14. The van der Waals surface area contributed by atoms with Gasteiger partial charge in [0.05, 0.1) is 12.7 Å². The van der Waals surface area contributed by atoms with Crippen molar-refractivity contribution in [1.29, 1.82) is 5.26 Å². The number of carbonyl (C=O) groups is 1. The summed E-state index contributed by atoms with van der Waals surface area (Å²) < 4.78 is 0. The average Bonchev–Trinajstić information content (AvgIpc) is 3.00. The molecule has 4 heteroatoms. The smallest absolute Gasteiger partial charge is 0.244 e. The summed E-state index contributed by atoms with van der Waals surface area (Å²) in [6.45, 7) is 0.254. The molecular formula is C16H20N2O2. The number of benzene rings is 1. The van der Waals surface area contributed by atoms with E-state index in [0.29, 0.717) is 6.54 Å². The monoisotopic (exact) mass is 272 g/mol. The molecule has 1 atom stereocenters. The largest absolute Gasteiger partial charge is 0.395 e. The van der Waals surface area contributed by atoms with Gasteiger partial charge in [0.15, 0.2) is 0 Å². The number of nitriles is 1. The summed E-state index contributed by atoms with van der Waals surface area (Å²) in [5.74, 6) is -0.956. The number of nitrogens with zero attached hydrogens (tertiary/aromatic N) is 2. The van der Waals surface area contributed by atoms with E-state index in [2.05, 4.69) is 6.07 Å². The summed E-state index contributed by atoms with van der Waals surface area (Å²) in [6.07, 6.45) is 4.17. The van der Waals surface area contributed by atoms with Gasteiger partial charge in [0, 0.05) is 12.6 Å². The van der Waals surface area contributed by atoms with E-state index in [1.165, 1.54) is 0 Å². The number of hydrogen-bond acceptors (Lipinski definition) is 3. The van der Waals surface area contributed by atoms with Crippen LogP contribution in [0.2, 0.25) is 0 Å². The molecule has 1 saturated carbocycles. The Morgan fingerprint density at radius 3 is 2.55 bits per heavy atom. The summed E-state index contributed by atoms with van der Waals surface area (Å²) in [7, 11) is 0. The highest BCUT2D eigenvalue weighted by Gasteiger charge is 2.31. The maximum absolute atomic E-state index is 12.6. The van der Waals surface area contributed by atoms with Crippen LogP contribution in [0, 0.1) is 11.3 Å². The van der Waals surface area contributed by atoms with Crippen LogP contribution in [0.3, 0.4) is 0 Å². The fourth-order valence-corrected chi connectivity index (χ4v) is 2.88. The van der Waals surface area contributed by atoms with E-state index in [1.54, 1.807) is 17.0 Å². The minimum atomic E-state index is -0.775. The van der Waals surface area contributed by atoms with Crippen LogP contribution in [0.15, 0.2) is 30.3 Å². The molecule has 1 unspecified atom stereocenters. The van der Waals surface area contributed by atoms with Crippen molar-refractivity contribution in [3.63, 3.8) is 0 Å². The molecule has 0 radical (unpaired) electrons. The van der Waals surface area contributed by atoms with Gasteiger partial charge in [-0.25, -0.2) is 0 Å². The quantitative estimate of drug-likeness (QED) is 0.892. The molecule has 0 bridgehead atoms. The van der Waals surface area contributed by atoms with E-state index in [0.717, 1.165) is 31.2 Å². The van der Waals surface area contributed by atoms with Gasteiger partial charge in [-0.15, -0.1) is 0 Å². The zero-order valence-corrected chi connectivity index (χ0v) is 11.5. The molecule has 1 aliphatic carbocycles. The van der Waals surface area contributed by atoms with Crippen molar-refractivity contribution in [2.45, 2.75) is 37.6 Å². The van der Waals surface area contributed by atoms with Crippen molar-refractivity contribution >= 4 is 5.91 Å². The Morgan fingerprint density at radius 2 is 2.00 bits per heavy atom. The fourth-order valence-electron chi connectivity index (χ4n) is 2.88. The number of rotatable bonds is 5. The molecule has 1 aromatic rings. The molecule has 0 aromatic heterocycles. The Morgan fingerprint density at radius 1 is 1.35 bits per heavy atom. The molecule has 1 fully saturated rings. The van der Waals surface area contributed by atoms with Gasteiger partial charge in [0.1, 0.15) is 5.92 Å². The van der Waals surface area contributed by atoms with Crippen molar-refractivity contribution in [1.82, 2.24) is 4.90 Å². The summed E-state index contributed by atoms with van der Waals surface area (Å²) in [5, 5.41) is 18.5. The topological polar surface area (TPSA) is 64.3 Å². The van der Waals surface area contributed by atoms with Crippen molar-refractivity contribution < 1.29 is 9.90 Å². The number of carbonyl (C=O) groups excluding carboxylic acids is 1. The lowest BCUT2D eigenvalue weighted by Gasteiger charge is -2.30. The minimum absolute atomic E-state index is 0.0603. The Hall–Kier alpha value is -1.86. The van der Waals surface area contributed by atoms with Crippen LogP contribution < -0.4 is 0 Å². The van der Waals surface area contributed by atoms with Gasteiger partial charge in [-0.3, -0.25) is 4.79 Å². The lowest BCUT2D eigenvalue weighted by molar-refractivity contribution is -0.134. The first-order valence-electron chi connectivity index (χ1n) is 7.14. The lowest BCUT2D eigenvalue weighted by atomic mass is 9.98. The highest BCUT2D eigenvalue weighted by Crippen LogP contribution is 2.27. The standard InChI is InChI=1S/C16H20N2O2/c17-12-15(13-6-2-1-3-7-13)16(20)18(10-11-19)14-8-4-5-9-14/h1-3,6-7,14-15,19H,4-5,8-11H2. The molecule has 0 aliphatic heterocycles. The second-order valence-corrected chi connectivity index (χ2v) is 5.17. The van der Waals surface area contributed by atoms with Gasteiger partial charge in [0.25, 0.3) is 0 Å². The van der Waals surface area contributed by atoms with Gasteiger partial charge in [-0.05, 0) is 18.4 Å². The maximum atomic E-state index is 12.6. The highest BCUT2D eigenvalue weighted by molar-refractivity contribution is 5.86. The van der Waals surface area contributed by atoms with E-state index in [9.17, 15) is 15.2 Å². The first-order chi connectivity index (χ1) is 9.77. The number of aliphatic hydroxyl groups excluding tert-OH is 1.